The van der Waals surface area contributed by atoms with Crippen molar-refractivity contribution in [2.75, 3.05) is 17.3 Å². The monoisotopic (exact) mass is 378 g/mol. The molecule has 5 nitrogen and oxygen atoms in total. The van der Waals surface area contributed by atoms with E-state index < -0.39 is 23.9 Å². The third-order valence-corrected chi connectivity index (χ3v) is 3.98. The van der Waals surface area contributed by atoms with Crippen LogP contribution in [0, 0.1) is 12.7 Å². The molecule has 3 N–H and O–H groups in total. The van der Waals surface area contributed by atoms with Gasteiger partial charge in [-0.2, -0.15) is 11.8 Å². The van der Waals surface area contributed by atoms with Crippen molar-refractivity contribution in [3.05, 3.63) is 28.0 Å². The Morgan fingerprint density at radius 1 is 1.48 bits per heavy atom. The number of halogens is 2. The van der Waals surface area contributed by atoms with Gasteiger partial charge in [-0.15, -0.1) is 0 Å². The van der Waals surface area contributed by atoms with E-state index in [4.69, 9.17) is 5.11 Å². The average Bonchev–Trinajstić information content (AvgIpc) is 2.40. The molecule has 2 amide bonds. The fourth-order valence-corrected chi connectivity index (χ4v) is 2.41. The van der Waals surface area contributed by atoms with E-state index in [1.54, 1.807) is 6.92 Å². The van der Waals surface area contributed by atoms with Gasteiger partial charge in [0.15, 0.2) is 0 Å². The molecule has 1 rings (SSSR count). The number of urea groups is 1. The van der Waals surface area contributed by atoms with Crippen LogP contribution in [0.2, 0.25) is 0 Å². The SMILES string of the molecule is CSCC[C@H](NC(=O)Nc1cc(Br)c(F)cc1C)C(=O)O. The Balaban J connectivity index is 2.72. The average molecular weight is 379 g/mol. The Morgan fingerprint density at radius 3 is 2.71 bits per heavy atom. The molecule has 0 fully saturated rings. The molecule has 21 heavy (non-hydrogen) atoms. The number of carboxylic acid groups (broad SMARTS) is 1. The lowest BCUT2D eigenvalue weighted by molar-refractivity contribution is -0.139. The number of nitrogens with one attached hydrogen (secondary N) is 2. The minimum absolute atomic E-state index is 0.223. The van der Waals surface area contributed by atoms with Crippen molar-refractivity contribution in [2.24, 2.45) is 0 Å². The van der Waals surface area contributed by atoms with Crippen molar-refractivity contribution in [1.82, 2.24) is 5.32 Å². The Morgan fingerprint density at radius 2 is 2.14 bits per heavy atom. The largest absolute Gasteiger partial charge is 0.480 e. The summed E-state index contributed by atoms with van der Waals surface area (Å²) in [6.45, 7) is 1.65. The summed E-state index contributed by atoms with van der Waals surface area (Å²) in [6, 6.07) is 1.12. The molecular formula is C13H16BrFN2O3S. The minimum Gasteiger partial charge on any atom is -0.480 e. The number of aryl methyl sites for hydroxylation is 1. The van der Waals surface area contributed by atoms with Crippen LogP contribution in [0.5, 0.6) is 0 Å². The van der Waals surface area contributed by atoms with Crippen LogP contribution in [-0.4, -0.2) is 35.2 Å². The molecule has 0 saturated heterocycles. The second-order valence-electron chi connectivity index (χ2n) is 4.35. The standard InChI is InChI=1S/C13H16BrFN2O3S/c1-7-5-9(15)8(14)6-11(7)17-13(20)16-10(12(18)19)3-4-21-2/h5-6,10H,3-4H2,1-2H3,(H,18,19)(H2,16,17,20)/t10-/m0/s1. The summed E-state index contributed by atoms with van der Waals surface area (Å²) >= 11 is 4.54. The first-order valence-corrected chi connectivity index (χ1v) is 8.28. The van der Waals surface area contributed by atoms with E-state index in [9.17, 15) is 14.0 Å². The third-order valence-electron chi connectivity index (χ3n) is 2.73. The number of anilines is 1. The number of benzene rings is 1. The van der Waals surface area contributed by atoms with Crippen LogP contribution in [0.25, 0.3) is 0 Å². The molecule has 0 aliphatic carbocycles. The number of hydrogen-bond acceptors (Lipinski definition) is 3. The number of carbonyl (C=O) groups excluding carboxylic acids is 1. The van der Waals surface area contributed by atoms with Gasteiger partial charge in [-0.05, 0) is 59.0 Å². The molecule has 0 aliphatic rings. The number of hydrogen-bond donors (Lipinski definition) is 3. The quantitative estimate of drug-likeness (QED) is 0.709. The normalized spacial score (nSPS) is 11.8. The van der Waals surface area contributed by atoms with Gasteiger partial charge >= 0.3 is 12.0 Å². The number of thioether (sulfide) groups is 1. The molecule has 1 aromatic carbocycles. The van der Waals surface area contributed by atoms with Gasteiger partial charge in [0.1, 0.15) is 11.9 Å². The van der Waals surface area contributed by atoms with Gasteiger partial charge in [-0.1, -0.05) is 0 Å². The molecule has 0 unspecified atom stereocenters. The lowest BCUT2D eigenvalue weighted by atomic mass is 10.2. The van der Waals surface area contributed by atoms with E-state index in [1.165, 1.54) is 23.9 Å². The van der Waals surface area contributed by atoms with Crippen molar-refractivity contribution in [1.29, 1.82) is 0 Å². The molecule has 0 spiro atoms. The van der Waals surface area contributed by atoms with Gasteiger partial charge in [-0.3, -0.25) is 0 Å². The number of rotatable bonds is 6. The summed E-state index contributed by atoms with van der Waals surface area (Å²) in [5.74, 6) is -0.892. The molecule has 0 aliphatic heterocycles. The van der Waals surface area contributed by atoms with Crippen LogP contribution in [0.15, 0.2) is 16.6 Å². The first-order valence-electron chi connectivity index (χ1n) is 6.10. The van der Waals surface area contributed by atoms with Crippen molar-refractivity contribution in [3.8, 4) is 0 Å². The van der Waals surface area contributed by atoms with Crippen LogP contribution in [0.3, 0.4) is 0 Å². The number of amides is 2. The highest BCUT2D eigenvalue weighted by Gasteiger charge is 2.19. The molecule has 0 heterocycles. The minimum atomic E-state index is -1.09. The van der Waals surface area contributed by atoms with Gasteiger partial charge in [0.25, 0.3) is 0 Å². The second-order valence-corrected chi connectivity index (χ2v) is 6.19. The van der Waals surface area contributed by atoms with Crippen LogP contribution < -0.4 is 10.6 Å². The summed E-state index contributed by atoms with van der Waals surface area (Å²) in [5.41, 5.74) is 0.955. The first kappa shape index (κ1) is 17.8. The predicted octanol–water partition coefficient (Wildman–Crippen LogP) is 3.22. The molecule has 8 heteroatoms. The summed E-state index contributed by atoms with van der Waals surface area (Å²) < 4.78 is 13.5. The molecule has 0 saturated carbocycles. The third kappa shape index (κ3) is 5.55. The fraction of sp³-hybridized carbons (Fsp3) is 0.385. The second kappa shape index (κ2) is 8.23. The summed E-state index contributed by atoms with van der Waals surface area (Å²) in [6.07, 6.45) is 2.19. The van der Waals surface area contributed by atoms with Gasteiger partial charge in [0.2, 0.25) is 0 Å². The molecule has 1 aromatic rings. The van der Waals surface area contributed by atoms with E-state index in [1.807, 2.05) is 6.26 Å². The van der Waals surface area contributed by atoms with Gasteiger partial charge in [0.05, 0.1) is 4.47 Å². The van der Waals surface area contributed by atoms with Crippen molar-refractivity contribution in [3.63, 3.8) is 0 Å². The predicted molar refractivity (Wildman–Crippen MR) is 85.4 cm³/mol. The zero-order chi connectivity index (χ0) is 16.0. The van der Waals surface area contributed by atoms with Crippen LogP contribution in [-0.2, 0) is 4.79 Å². The number of carbonyl (C=O) groups is 2. The van der Waals surface area contributed by atoms with Crippen molar-refractivity contribution >= 4 is 45.4 Å². The molecule has 1 atom stereocenters. The lowest BCUT2D eigenvalue weighted by Crippen LogP contribution is -2.43. The number of carboxylic acids is 1. The zero-order valence-electron chi connectivity index (χ0n) is 11.6. The Labute approximate surface area is 134 Å². The fourth-order valence-electron chi connectivity index (χ4n) is 1.59. The highest BCUT2D eigenvalue weighted by molar-refractivity contribution is 9.10. The van der Waals surface area contributed by atoms with Gasteiger partial charge in [0, 0.05) is 5.69 Å². The van der Waals surface area contributed by atoms with E-state index in [0.717, 1.165) is 0 Å². The van der Waals surface area contributed by atoms with Crippen LogP contribution >= 0.6 is 27.7 Å². The molecule has 0 bridgehead atoms. The molecule has 0 radical (unpaired) electrons. The van der Waals surface area contributed by atoms with Gasteiger partial charge in [-0.25, -0.2) is 14.0 Å². The maximum Gasteiger partial charge on any atom is 0.326 e. The van der Waals surface area contributed by atoms with Gasteiger partial charge < -0.3 is 15.7 Å². The number of aliphatic carboxylic acids is 1. The topological polar surface area (TPSA) is 78.4 Å². The smallest absolute Gasteiger partial charge is 0.326 e. The van der Waals surface area contributed by atoms with E-state index in [2.05, 4.69) is 26.6 Å². The van der Waals surface area contributed by atoms with E-state index in [0.29, 0.717) is 23.4 Å². The molecular weight excluding hydrogens is 363 g/mol. The highest BCUT2D eigenvalue weighted by Crippen LogP contribution is 2.24. The summed E-state index contributed by atoms with van der Waals surface area (Å²) in [5, 5.41) is 14.0. The Hall–Kier alpha value is -1.28. The van der Waals surface area contributed by atoms with Crippen molar-refractivity contribution in [2.45, 2.75) is 19.4 Å². The maximum atomic E-state index is 13.3. The van der Waals surface area contributed by atoms with E-state index in [-0.39, 0.29) is 4.47 Å². The van der Waals surface area contributed by atoms with Crippen molar-refractivity contribution < 1.29 is 19.1 Å². The van der Waals surface area contributed by atoms with Crippen LogP contribution in [0.4, 0.5) is 14.9 Å². The summed E-state index contributed by atoms with van der Waals surface area (Å²) in [4.78, 5) is 22.9. The highest BCUT2D eigenvalue weighted by atomic mass is 79.9. The summed E-state index contributed by atoms with van der Waals surface area (Å²) in [7, 11) is 0. The Bertz CT molecular complexity index is 542. The first-order chi connectivity index (χ1) is 9.85. The van der Waals surface area contributed by atoms with E-state index >= 15 is 0 Å². The molecule has 116 valence electrons. The maximum absolute atomic E-state index is 13.3. The molecule has 0 aromatic heterocycles. The lowest BCUT2D eigenvalue weighted by Gasteiger charge is -2.15. The zero-order valence-corrected chi connectivity index (χ0v) is 14.0. The van der Waals surface area contributed by atoms with Crippen LogP contribution in [0.1, 0.15) is 12.0 Å². The Kier molecular flexibility index (Phi) is 6.97.